The van der Waals surface area contributed by atoms with Crippen molar-refractivity contribution in [2.75, 3.05) is 0 Å². The molecule has 2 rings (SSSR count). The van der Waals surface area contributed by atoms with Crippen LogP contribution in [0, 0.1) is 0 Å². The molecule has 1 heterocycles. The van der Waals surface area contributed by atoms with E-state index in [0.29, 0.717) is 0 Å². The van der Waals surface area contributed by atoms with Crippen LogP contribution in [0.2, 0.25) is 0 Å². The monoisotopic (exact) mass is 300 g/mol. The Bertz CT molecular complexity index is 379. The minimum Gasteiger partial charge on any atom is -0.384 e. The topological polar surface area (TPSA) is 38.0 Å². The molecule has 17 heavy (non-hydrogen) atoms. The highest BCUT2D eigenvalue weighted by atomic mass is 79.9. The minimum absolute atomic E-state index is 0.281. The molecular weight excluding hydrogens is 280 g/mol. The Morgan fingerprint density at radius 3 is 2.41 bits per heavy atom. The van der Waals surface area contributed by atoms with E-state index in [-0.39, 0.29) is 6.04 Å². The fourth-order valence-electron chi connectivity index (χ4n) is 2.72. The van der Waals surface area contributed by atoms with E-state index < -0.39 is 5.60 Å². The zero-order valence-electron chi connectivity index (χ0n) is 10.6. The highest BCUT2D eigenvalue weighted by Crippen LogP contribution is 2.40. The number of aromatic nitrogens is 2. The molecule has 1 aliphatic rings. The van der Waals surface area contributed by atoms with Gasteiger partial charge in [-0.05, 0) is 42.6 Å². The molecule has 1 aromatic rings. The molecule has 1 fully saturated rings. The number of hydrogen-bond acceptors (Lipinski definition) is 2. The lowest BCUT2D eigenvalue weighted by atomic mass is 9.90. The van der Waals surface area contributed by atoms with Crippen molar-refractivity contribution in [2.24, 2.45) is 0 Å². The molecule has 0 bridgehead atoms. The van der Waals surface area contributed by atoms with Gasteiger partial charge in [-0.3, -0.25) is 4.68 Å². The number of hydrogen-bond donors (Lipinski definition) is 1. The normalized spacial score (nSPS) is 20.5. The molecule has 1 saturated carbocycles. The molecule has 0 atom stereocenters. The van der Waals surface area contributed by atoms with Crippen LogP contribution in [0.15, 0.2) is 10.7 Å². The molecular formula is C13H21BrN2O. The molecule has 1 N–H and O–H groups in total. The largest absolute Gasteiger partial charge is 0.384 e. The molecule has 4 heteroatoms. The molecule has 0 aromatic carbocycles. The lowest BCUT2D eigenvalue weighted by molar-refractivity contribution is 0.0101. The smallest absolute Gasteiger partial charge is 0.107 e. The summed E-state index contributed by atoms with van der Waals surface area (Å²) in [5, 5.41) is 15.3. The molecule has 0 unspecified atom stereocenters. The fourth-order valence-corrected chi connectivity index (χ4v) is 3.36. The Hall–Kier alpha value is -0.350. The second-order valence-corrected chi connectivity index (χ2v) is 6.18. The molecule has 3 nitrogen and oxygen atoms in total. The highest BCUT2D eigenvalue weighted by Gasteiger charge is 2.35. The van der Waals surface area contributed by atoms with Gasteiger partial charge in [0.1, 0.15) is 5.60 Å². The van der Waals surface area contributed by atoms with Crippen LogP contribution in [-0.2, 0) is 5.60 Å². The van der Waals surface area contributed by atoms with Crippen LogP contribution in [0.3, 0.4) is 0 Å². The lowest BCUT2D eigenvalue weighted by Crippen LogP contribution is -2.29. The molecule has 0 spiro atoms. The van der Waals surface area contributed by atoms with E-state index in [4.69, 9.17) is 0 Å². The van der Waals surface area contributed by atoms with Crippen molar-refractivity contribution in [3.63, 3.8) is 0 Å². The summed E-state index contributed by atoms with van der Waals surface area (Å²) >= 11 is 3.54. The Morgan fingerprint density at radius 1 is 1.29 bits per heavy atom. The summed E-state index contributed by atoms with van der Waals surface area (Å²) in [6.45, 7) is 4.20. The van der Waals surface area contributed by atoms with Crippen LogP contribution >= 0.6 is 15.9 Å². The first-order valence-corrected chi connectivity index (χ1v) is 7.30. The fraction of sp³-hybridized carbons (Fsp3) is 0.769. The Kier molecular flexibility index (Phi) is 3.93. The first kappa shape index (κ1) is 13.1. The van der Waals surface area contributed by atoms with E-state index in [9.17, 15) is 5.11 Å². The third kappa shape index (κ3) is 2.58. The zero-order chi connectivity index (χ0) is 12.5. The maximum atomic E-state index is 10.9. The predicted molar refractivity (Wildman–Crippen MR) is 71.9 cm³/mol. The molecule has 0 aliphatic heterocycles. The number of halogens is 1. The minimum atomic E-state index is -0.698. The summed E-state index contributed by atoms with van der Waals surface area (Å²) in [4.78, 5) is 0. The van der Waals surface area contributed by atoms with Crippen LogP contribution in [0.5, 0.6) is 0 Å². The van der Waals surface area contributed by atoms with Crippen molar-refractivity contribution >= 4 is 15.9 Å². The summed E-state index contributed by atoms with van der Waals surface area (Å²) in [7, 11) is 0. The van der Waals surface area contributed by atoms with Gasteiger partial charge in [0.2, 0.25) is 0 Å². The lowest BCUT2D eigenvalue weighted by Gasteiger charge is -2.29. The number of rotatable bonds is 2. The van der Waals surface area contributed by atoms with Crippen LogP contribution < -0.4 is 0 Å². The standard InChI is InChI=1S/C13H21BrN2O/c1-10(2)16-12(11(14)9-15-16)13(17)7-5-3-4-6-8-13/h9-10,17H,3-8H2,1-2H3. The Morgan fingerprint density at radius 2 is 1.88 bits per heavy atom. The molecule has 96 valence electrons. The van der Waals surface area contributed by atoms with Crippen molar-refractivity contribution in [1.29, 1.82) is 0 Å². The zero-order valence-corrected chi connectivity index (χ0v) is 12.2. The van der Waals surface area contributed by atoms with Crippen molar-refractivity contribution < 1.29 is 5.11 Å². The maximum absolute atomic E-state index is 10.9. The van der Waals surface area contributed by atoms with Crippen molar-refractivity contribution in [3.05, 3.63) is 16.4 Å². The summed E-state index contributed by atoms with van der Waals surface area (Å²) < 4.78 is 2.89. The van der Waals surface area contributed by atoms with Gasteiger partial charge in [0.15, 0.2) is 0 Å². The van der Waals surface area contributed by atoms with Crippen molar-refractivity contribution in [1.82, 2.24) is 9.78 Å². The maximum Gasteiger partial charge on any atom is 0.107 e. The van der Waals surface area contributed by atoms with E-state index >= 15 is 0 Å². The van der Waals surface area contributed by atoms with Crippen molar-refractivity contribution in [2.45, 2.75) is 64.0 Å². The van der Waals surface area contributed by atoms with Gasteiger partial charge in [-0.2, -0.15) is 5.10 Å². The first-order chi connectivity index (χ1) is 8.04. The van der Waals surface area contributed by atoms with Crippen LogP contribution in [0.1, 0.15) is 64.1 Å². The Labute approximate surface area is 111 Å². The SMILES string of the molecule is CC(C)n1ncc(Br)c1C1(O)CCCCCC1. The average molecular weight is 301 g/mol. The second-order valence-electron chi connectivity index (χ2n) is 5.33. The van der Waals surface area contributed by atoms with Gasteiger partial charge in [0, 0.05) is 6.04 Å². The van der Waals surface area contributed by atoms with Gasteiger partial charge in [0.25, 0.3) is 0 Å². The summed E-state index contributed by atoms with van der Waals surface area (Å²) in [5.41, 5.74) is 0.269. The molecule has 0 radical (unpaired) electrons. The van der Waals surface area contributed by atoms with Gasteiger partial charge < -0.3 is 5.11 Å². The Balaban J connectivity index is 2.39. The third-order valence-corrected chi connectivity index (χ3v) is 4.19. The first-order valence-electron chi connectivity index (χ1n) is 6.50. The van der Waals surface area contributed by atoms with Crippen molar-refractivity contribution in [3.8, 4) is 0 Å². The van der Waals surface area contributed by atoms with Crippen LogP contribution in [0.25, 0.3) is 0 Å². The van der Waals surface area contributed by atoms with Gasteiger partial charge in [0.05, 0.1) is 16.4 Å². The molecule has 1 aliphatic carbocycles. The molecule has 0 amide bonds. The van der Waals surface area contributed by atoms with Gasteiger partial charge in [-0.1, -0.05) is 25.7 Å². The van der Waals surface area contributed by atoms with E-state index in [1.807, 2.05) is 4.68 Å². The van der Waals surface area contributed by atoms with E-state index in [1.165, 1.54) is 12.8 Å². The van der Waals surface area contributed by atoms with E-state index in [0.717, 1.165) is 35.8 Å². The average Bonchev–Trinajstić information content (AvgIpc) is 2.53. The second kappa shape index (κ2) is 5.11. The summed E-state index contributed by atoms with van der Waals surface area (Å²) in [6.07, 6.45) is 8.18. The van der Waals surface area contributed by atoms with E-state index in [1.54, 1.807) is 6.20 Å². The quantitative estimate of drug-likeness (QED) is 0.844. The van der Waals surface area contributed by atoms with E-state index in [2.05, 4.69) is 34.9 Å². The van der Waals surface area contributed by atoms with Crippen LogP contribution in [-0.4, -0.2) is 14.9 Å². The van der Waals surface area contributed by atoms with Gasteiger partial charge in [-0.15, -0.1) is 0 Å². The molecule has 1 aromatic heterocycles. The summed E-state index contributed by atoms with van der Waals surface area (Å²) in [5.74, 6) is 0. The summed E-state index contributed by atoms with van der Waals surface area (Å²) in [6, 6.07) is 0.281. The van der Waals surface area contributed by atoms with Crippen LogP contribution in [0.4, 0.5) is 0 Å². The van der Waals surface area contributed by atoms with Gasteiger partial charge in [-0.25, -0.2) is 0 Å². The highest BCUT2D eigenvalue weighted by molar-refractivity contribution is 9.10. The van der Waals surface area contributed by atoms with Gasteiger partial charge >= 0.3 is 0 Å². The third-order valence-electron chi connectivity index (χ3n) is 3.61. The predicted octanol–water partition coefficient (Wildman–Crippen LogP) is 3.77. The number of aliphatic hydroxyl groups is 1. The number of nitrogens with zero attached hydrogens (tertiary/aromatic N) is 2. The molecule has 0 saturated heterocycles.